The lowest BCUT2D eigenvalue weighted by Gasteiger charge is -2.12. The number of nitrogens with one attached hydrogen (secondary N) is 3. The maximum absolute atomic E-state index is 12.1. The number of guanidine groups is 1. The highest BCUT2D eigenvalue weighted by Gasteiger charge is 2.06. The highest BCUT2D eigenvalue weighted by atomic mass is 35.5. The summed E-state index contributed by atoms with van der Waals surface area (Å²) in [5.74, 6) is 0.560. The first kappa shape index (κ1) is 19.8. The van der Waals surface area contributed by atoms with Crippen LogP contribution in [0.2, 0.25) is 5.02 Å². The van der Waals surface area contributed by atoms with E-state index < -0.39 is 0 Å². The fourth-order valence-corrected chi connectivity index (χ4v) is 2.74. The Hall–Kier alpha value is -2.53. The van der Waals surface area contributed by atoms with E-state index in [9.17, 15) is 4.79 Å². The summed E-state index contributed by atoms with van der Waals surface area (Å²) in [7, 11) is 1.71. The van der Waals surface area contributed by atoms with Crippen molar-refractivity contribution < 1.29 is 4.79 Å². The normalized spacial score (nSPS) is 11.2. The zero-order valence-corrected chi connectivity index (χ0v) is 16.2. The minimum absolute atomic E-state index is 0.0996. The molecule has 2 rings (SSSR count). The number of hydrogen-bond donors (Lipinski definition) is 3. The third-order valence-corrected chi connectivity index (χ3v) is 4.12. The molecule has 26 heavy (non-hydrogen) atoms. The van der Waals surface area contributed by atoms with Crippen molar-refractivity contribution in [3.05, 3.63) is 64.2 Å². The number of nitrogens with zero attached hydrogens (tertiary/aromatic N) is 1. The number of carbonyl (C=O) groups is 1. The predicted octanol–water partition coefficient (Wildman–Crippen LogP) is 3.65. The Kier molecular flexibility index (Phi) is 7.48. The van der Waals surface area contributed by atoms with Gasteiger partial charge in [0, 0.05) is 26.6 Å². The molecule has 138 valence electrons. The van der Waals surface area contributed by atoms with E-state index in [4.69, 9.17) is 11.6 Å². The number of halogens is 1. The van der Waals surface area contributed by atoms with Gasteiger partial charge in [-0.3, -0.25) is 9.79 Å². The molecule has 0 spiro atoms. The first-order chi connectivity index (χ1) is 12.5. The lowest BCUT2D eigenvalue weighted by Crippen LogP contribution is -2.38. The molecule has 1 amide bonds. The number of aryl methyl sites for hydroxylation is 2. The summed E-state index contributed by atoms with van der Waals surface area (Å²) in [6.45, 7) is 5.17. The molecule has 0 saturated heterocycles. The summed E-state index contributed by atoms with van der Waals surface area (Å²) in [6.07, 6.45) is 0.315. The third-order valence-electron chi connectivity index (χ3n) is 3.81. The highest BCUT2D eigenvalue weighted by molar-refractivity contribution is 6.33. The molecule has 3 N–H and O–H groups in total. The molecule has 5 nitrogen and oxygen atoms in total. The monoisotopic (exact) mass is 372 g/mol. The van der Waals surface area contributed by atoms with Crippen molar-refractivity contribution >= 4 is 29.2 Å². The molecule has 6 heteroatoms. The van der Waals surface area contributed by atoms with Crippen molar-refractivity contribution in [3.8, 4) is 0 Å². The number of aliphatic imine (C=N–C) groups is 1. The van der Waals surface area contributed by atoms with Gasteiger partial charge >= 0.3 is 0 Å². The zero-order chi connectivity index (χ0) is 18.9. The second-order valence-corrected chi connectivity index (χ2v) is 6.53. The molecule has 0 aliphatic rings. The number of hydrogen-bond acceptors (Lipinski definition) is 2. The summed E-state index contributed by atoms with van der Waals surface area (Å²) in [4.78, 5) is 16.2. The standard InChI is InChI=1S/C20H25ClN4O/c1-14-5-4-6-16(11-14)13-24-20(22-3)23-10-9-19(26)25-18-8-7-15(2)12-17(18)21/h4-8,11-12H,9-10,13H2,1-3H3,(H,25,26)(H2,22,23,24). The maximum atomic E-state index is 12.1. The van der Waals surface area contributed by atoms with Crippen LogP contribution in [0, 0.1) is 13.8 Å². The van der Waals surface area contributed by atoms with Gasteiger partial charge in [0.25, 0.3) is 0 Å². The fourth-order valence-electron chi connectivity index (χ4n) is 2.46. The maximum Gasteiger partial charge on any atom is 0.226 e. The van der Waals surface area contributed by atoms with Crippen LogP contribution in [-0.4, -0.2) is 25.5 Å². The second kappa shape index (κ2) is 9.82. The van der Waals surface area contributed by atoms with E-state index >= 15 is 0 Å². The molecule has 0 fully saturated rings. The average Bonchev–Trinajstić information content (AvgIpc) is 2.60. The smallest absolute Gasteiger partial charge is 0.226 e. The van der Waals surface area contributed by atoms with E-state index in [1.165, 1.54) is 11.1 Å². The summed E-state index contributed by atoms with van der Waals surface area (Å²) < 4.78 is 0. The molecule has 0 heterocycles. The van der Waals surface area contributed by atoms with Crippen LogP contribution in [0.5, 0.6) is 0 Å². The van der Waals surface area contributed by atoms with Crippen molar-refractivity contribution in [1.82, 2.24) is 10.6 Å². The van der Waals surface area contributed by atoms with Gasteiger partial charge in [0.1, 0.15) is 0 Å². The number of carbonyl (C=O) groups excluding carboxylic acids is 1. The number of benzene rings is 2. The molecular formula is C20H25ClN4O. The van der Waals surface area contributed by atoms with Crippen LogP contribution in [0.15, 0.2) is 47.5 Å². The van der Waals surface area contributed by atoms with Crippen molar-refractivity contribution in [2.45, 2.75) is 26.8 Å². The quantitative estimate of drug-likeness (QED) is 0.535. The topological polar surface area (TPSA) is 65.5 Å². The minimum atomic E-state index is -0.0996. The van der Waals surface area contributed by atoms with E-state index in [0.29, 0.717) is 36.2 Å². The average molecular weight is 373 g/mol. The van der Waals surface area contributed by atoms with Gasteiger partial charge in [-0.15, -0.1) is 0 Å². The van der Waals surface area contributed by atoms with Gasteiger partial charge in [0.05, 0.1) is 10.7 Å². The summed E-state index contributed by atoms with van der Waals surface area (Å²) in [5, 5.41) is 9.74. The van der Waals surface area contributed by atoms with Gasteiger partial charge in [-0.25, -0.2) is 0 Å². The first-order valence-electron chi connectivity index (χ1n) is 8.54. The lowest BCUT2D eigenvalue weighted by atomic mass is 10.1. The van der Waals surface area contributed by atoms with Crippen molar-refractivity contribution in [2.24, 2.45) is 4.99 Å². The molecule has 0 atom stereocenters. The van der Waals surface area contributed by atoms with Crippen LogP contribution in [0.3, 0.4) is 0 Å². The SMILES string of the molecule is CN=C(NCCC(=O)Nc1ccc(C)cc1Cl)NCc1cccc(C)c1. The van der Waals surface area contributed by atoms with Crippen LogP contribution >= 0.6 is 11.6 Å². The van der Waals surface area contributed by atoms with E-state index in [2.05, 4.69) is 46.1 Å². The first-order valence-corrected chi connectivity index (χ1v) is 8.92. The van der Waals surface area contributed by atoms with Gasteiger partial charge in [0.15, 0.2) is 5.96 Å². The number of rotatable bonds is 6. The Morgan fingerprint density at radius 3 is 2.54 bits per heavy atom. The lowest BCUT2D eigenvalue weighted by molar-refractivity contribution is -0.116. The molecule has 0 unspecified atom stereocenters. The van der Waals surface area contributed by atoms with Crippen LogP contribution in [0.25, 0.3) is 0 Å². The summed E-state index contributed by atoms with van der Waals surface area (Å²) in [6, 6.07) is 13.8. The fraction of sp³-hybridized carbons (Fsp3) is 0.300. The molecule has 0 bridgehead atoms. The molecule has 0 aromatic heterocycles. The van der Waals surface area contributed by atoms with E-state index in [1.807, 2.05) is 31.2 Å². The molecule has 2 aromatic carbocycles. The molecule has 0 saturated carbocycles. The number of anilines is 1. The Labute approximate surface area is 159 Å². The molecule has 2 aromatic rings. The predicted molar refractivity (Wildman–Crippen MR) is 109 cm³/mol. The molecule has 0 aliphatic heterocycles. The van der Waals surface area contributed by atoms with Gasteiger partial charge in [0.2, 0.25) is 5.91 Å². The number of amides is 1. The van der Waals surface area contributed by atoms with Crippen LogP contribution < -0.4 is 16.0 Å². The van der Waals surface area contributed by atoms with Crippen molar-refractivity contribution in [1.29, 1.82) is 0 Å². The summed E-state index contributed by atoms with van der Waals surface area (Å²) >= 11 is 6.13. The van der Waals surface area contributed by atoms with Crippen LogP contribution in [-0.2, 0) is 11.3 Å². The van der Waals surface area contributed by atoms with Crippen molar-refractivity contribution in [3.63, 3.8) is 0 Å². The largest absolute Gasteiger partial charge is 0.356 e. The highest BCUT2D eigenvalue weighted by Crippen LogP contribution is 2.22. The Morgan fingerprint density at radius 1 is 1.08 bits per heavy atom. The van der Waals surface area contributed by atoms with E-state index in [-0.39, 0.29) is 5.91 Å². The molecule has 0 radical (unpaired) electrons. The Balaban J connectivity index is 1.75. The summed E-state index contributed by atoms with van der Waals surface area (Å²) in [5.41, 5.74) is 4.08. The minimum Gasteiger partial charge on any atom is -0.356 e. The Bertz CT molecular complexity index is 789. The van der Waals surface area contributed by atoms with Gasteiger partial charge in [-0.2, -0.15) is 0 Å². The van der Waals surface area contributed by atoms with Gasteiger partial charge < -0.3 is 16.0 Å². The van der Waals surface area contributed by atoms with Crippen LogP contribution in [0.1, 0.15) is 23.1 Å². The second-order valence-electron chi connectivity index (χ2n) is 6.12. The molecule has 0 aliphatic carbocycles. The van der Waals surface area contributed by atoms with Crippen LogP contribution in [0.4, 0.5) is 5.69 Å². The molecular weight excluding hydrogens is 348 g/mol. The zero-order valence-electron chi connectivity index (χ0n) is 15.4. The Morgan fingerprint density at radius 2 is 1.85 bits per heavy atom. The van der Waals surface area contributed by atoms with Gasteiger partial charge in [-0.05, 0) is 37.1 Å². The van der Waals surface area contributed by atoms with Gasteiger partial charge in [-0.1, -0.05) is 47.5 Å². The van der Waals surface area contributed by atoms with E-state index in [0.717, 1.165) is 5.56 Å². The van der Waals surface area contributed by atoms with E-state index in [1.54, 1.807) is 7.05 Å². The van der Waals surface area contributed by atoms with Crippen molar-refractivity contribution in [2.75, 3.05) is 18.9 Å². The third kappa shape index (κ3) is 6.41.